The Kier molecular flexibility index (Phi) is 8.05. The molecule has 2 atom stereocenters. The molecule has 0 saturated carbocycles. The number of fused-ring (bicyclic) bond motifs is 1. The van der Waals surface area contributed by atoms with E-state index in [1.807, 2.05) is 36.4 Å². The minimum atomic E-state index is -5.03. The van der Waals surface area contributed by atoms with E-state index in [9.17, 15) is 22.8 Å². The summed E-state index contributed by atoms with van der Waals surface area (Å²) in [5, 5.41) is 19.8. The Balaban J connectivity index is 0.000000234. The molecule has 176 valence electrons. The third-order valence-corrected chi connectivity index (χ3v) is 5.13. The highest BCUT2D eigenvalue weighted by Crippen LogP contribution is 2.42. The zero-order chi connectivity index (χ0) is 24.8. The van der Waals surface area contributed by atoms with Gasteiger partial charge in [0.05, 0.1) is 13.0 Å². The smallest absolute Gasteiger partial charge is 0.432 e. The quantitative estimate of drug-likeness (QED) is 0.520. The van der Waals surface area contributed by atoms with E-state index in [1.165, 1.54) is 18.2 Å². The van der Waals surface area contributed by atoms with Crippen LogP contribution < -0.4 is 4.74 Å². The molecule has 2 N–H and O–H groups in total. The van der Waals surface area contributed by atoms with Crippen LogP contribution >= 0.6 is 0 Å². The summed E-state index contributed by atoms with van der Waals surface area (Å²) in [6.45, 7) is 1.69. The Labute approximate surface area is 188 Å². The van der Waals surface area contributed by atoms with Crippen LogP contribution in [0.1, 0.15) is 24.0 Å². The van der Waals surface area contributed by atoms with Gasteiger partial charge in [0.25, 0.3) is 5.60 Å². The number of hydrogen-bond acceptors (Lipinski definition) is 4. The molecular weight excluding hydrogens is 441 g/mol. The van der Waals surface area contributed by atoms with E-state index in [0.717, 1.165) is 34.2 Å². The van der Waals surface area contributed by atoms with Crippen molar-refractivity contribution in [2.24, 2.45) is 0 Å². The number of carboxylic acids is 2. The molecule has 0 aromatic heterocycles. The van der Waals surface area contributed by atoms with Gasteiger partial charge in [0.1, 0.15) is 5.75 Å². The highest BCUT2D eigenvalue weighted by atomic mass is 19.4. The fraction of sp³-hybridized carbons (Fsp3) is 0.250. The van der Waals surface area contributed by atoms with E-state index >= 15 is 0 Å². The highest BCUT2D eigenvalue weighted by molar-refractivity contribution is 5.86. The number of carbonyl (C=O) groups is 2. The first kappa shape index (κ1) is 25.7. The molecule has 0 aliphatic heterocycles. The van der Waals surface area contributed by atoms with Crippen molar-refractivity contribution in [2.75, 3.05) is 14.2 Å². The maximum atomic E-state index is 12.8. The maximum absolute atomic E-state index is 12.8. The van der Waals surface area contributed by atoms with E-state index in [1.54, 1.807) is 14.0 Å². The molecule has 2 unspecified atom stereocenters. The van der Waals surface area contributed by atoms with Crippen LogP contribution in [0.3, 0.4) is 0 Å². The van der Waals surface area contributed by atoms with Crippen LogP contribution in [-0.4, -0.2) is 42.5 Å². The zero-order valence-electron chi connectivity index (χ0n) is 18.1. The number of ether oxygens (including phenoxy) is 2. The lowest BCUT2D eigenvalue weighted by Crippen LogP contribution is -2.50. The molecule has 0 fully saturated rings. The van der Waals surface area contributed by atoms with Crippen molar-refractivity contribution in [1.82, 2.24) is 0 Å². The largest absolute Gasteiger partial charge is 0.497 e. The molecule has 0 spiro atoms. The van der Waals surface area contributed by atoms with Crippen molar-refractivity contribution >= 4 is 22.7 Å². The average molecular weight is 464 g/mol. The number of halogens is 3. The third kappa shape index (κ3) is 5.43. The van der Waals surface area contributed by atoms with Gasteiger partial charge < -0.3 is 19.7 Å². The Morgan fingerprint density at radius 1 is 0.879 bits per heavy atom. The lowest BCUT2D eigenvalue weighted by atomic mass is 9.93. The number of carboxylic acid groups (broad SMARTS) is 2. The first-order valence-corrected chi connectivity index (χ1v) is 9.69. The van der Waals surface area contributed by atoms with Crippen LogP contribution in [0.25, 0.3) is 10.8 Å². The standard InChI is InChI=1S/C14H14O3.C10H9F3O3/c1-9(14(15)16)10-3-4-12-8-13(17-2)6-5-11(12)7-10;1-16-9(8(14)15,10(11,12)13)7-5-3-2-4-6-7/h3-9H,1-2H3,(H,15,16);2-6H,1H3,(H,14,15). The van der Waals surface area contributed by atoms with Crippen LogP contribution in [0.5, 0.6) is 5.75 Å². The van der Waals surface area contributed by atoms with Gasteiger partial charge in [-0.25, -0.2) is 4.79 Å². The van der Waals surface area contributed by atoms with Gasteiger partial charge in [-0.15, -0.1) is 0 Å². The Morgan fingerprint density at radius 3 is 1.94 bits per heavy atom. The predicted octanol–water partition coefficient (Wildman–Crippen LogP) is 5.21. The topological polar surface area (TPSA) is 93.1 Å². The van der Waals surface area contributed by atoms with Crippen LogP contribution in [0.4, 0.5) is 13.2 Å². The first-order chi connectivity index (χ1) is 15.5. The van der Waals surface area contributed by atoms with Gasteiger partial charge >= 0.3 is 18.1 Å². The molecule has 0 bridgehead atoms. The van der Waals surface area contributed by atoms with E-state index in [4.69, 9.17) is 14.9 Å². The second-order valence-corrected chi connectivity index (χ2v) is 7.09. The van der Waals surface area contributed by atoms with Crippen molar-refractivity contribution in [2.45, 2.75) is 24.6 Å². The zero-order valence-corrected chi connectivity index (χ0v) is 18.1. The summed E-state index contributed by atoms with van der Waals surface area (Å²) in [6.07, 6.45) is -5.03. The number of methoxy groups -OCH3 is 2. The first-order valence-electron chi connectivity index (χ1n) is 9.69. The Morgan fingerprint density at radius 2 is 1.45 bits per heavy atom. The summed E-state index contributed by atoms with van der Waals surface area (Å²) < 4.78 is 47.8. The van der Waals surface area contributed by atoms with Gasteiger partial charge in [-0.2, -0.15) is 13.2 Å². The minimum Gasteiger partial charge on any atom is -0.497 e. The Hall–Kier alpha value is -3.59. The molecule has 33 heavy (non-hydrogen) atoms. The van der Waals surface area contributed by atoms with Crippen LogP contribution in [0, 0.1) is 0 Å². The third-order valence-electron chi connectivity index (χ3n) is 5.13. The summed E-state index contributed by atoms with van der Waals surface area (Å²) in [4.78, 5) is 21.8. The lowest BCUT2D eigenvalue weighted by Gasteiger charge is -2.30. The summed E-state index contributed by atoms with van der Waals surface area (Å²) in [5.74, 6) is -2.58. The second-order valence-electron chi connectivity index (χ2n) is 7.09. The number of aliphatic carboxylic acids is 2. The molecule has 6 nitrogen and oxygen atoms in total. The van der Waals surface area contributed by atoms with Crippen LogP contribution in [-0.2, 0) is 19.9 Å². The SMILES string of the molecule is COC(C(=O)O)(c1ccccc1)C(F)(F)F.COc1ccc2cc(C(C)C(=O)O)ccc2c1. The normalized spacial score (nSPS) is 13.9. The Bertz CT molecular complexity index is 1110. The van der Waals surface area contributed by atoms with Gasteiger partial charge in [0, 0.05) is 12.7 Å². The van der Waals surface area contributed by atoms with Crippen LogP contribution in [0.15, 0.2) is 66.7 Å². The lowest BCUT2D eigenvalue weighted by molar-refractivity contribution is -0.273. The highest BCUT2D eigenvalue weighted by Gasteiger charge is 2.63. The van der Waals surface area contributed by atoms with Crippen molar-refractivity contribution in [3.63, 3.8) is 0 Å². The van der Waals surface area contributed by atoms with E-state index in [0.29, 0.717) is 7.11 Å². The molecule has 9 heteroatoms. The van der Waals surface area contributed by atoms with Gasteiger partial charge in [0.2, 0.25) is 0 Å². The molecule has 3 aromatic rings. The maximum Gasteiger partial charge on any atom is 0.432 e. The summed E-state index contributed by atoms with van der Waals surface area (Å²) in [6, 6.07) is 17.7. The van der Waals surface area contributed by atoms with Crippen molar-refractivity contribution in [3.05, 3.63) is 77.9 Å². The molecule has 0 radical (unpaired) electrons. The predicted molar refractivity (Wildman–Crippen MR) is 115 cm³/mol. The van der Waals surface area contributed by atoms with E-state index in [-0.39, 0.29) is 0 Å². The monoisotopic (exact) mass is 464 g/mol. The minimum absolute atomic E-state index is 0.461. The summed E-state index contributed by atoms with van der Waals surface area (Å²) in [5.41, 5.74) is -2.96. The molecule has 0 heterocycles. The van der Waals surface area contributed by atoms with E-state index in [2.05, 4.69) is 4.74 Å². The van der Waals surface area contributed by atoms with Crippen LogP contribution in [0.2, 0.25) is 0 Å². The van der Waals surface area contributed by atoms with E-state index < -0.39 is 35.2 Å². The summed E-state index contributed by atoms with van der Waals surface area (Å²) in [7, 11) is 2.34. The van der Waals surface area contributed by atoms with Gasteiger partial charge in [0.15, 0.2) is 0 Å². The molecule has 0 aliphatic carbocycles. The van der Waals surface area contributed by atoms with Crippen molar-refractivity contribution < 1.29 is 42.4 Å². The van der Waals surface area contributed by atoms with Crippen molar-refractivity contribution in [1.29, 1.82) is 0 Å². The molecule has 0 aliphatic rings. The molecule has 0 saturated heterocycles. The number of alkyl halides is 3. The molecule has 3 rings (SSSR count). The second kappa shape index (κ2) is 10.4. The van der Waals surface area contributed by atoms with Gasteiger partial charge in [-0.05, 0) is 35.4 Å². The number of hydrogen-bond donors (Lipinski definition) is 2. The van der Waals surface area contributed by atoms with Crippen molar-refractivity contribution in [3.8, 4) is 5.75 Å². The summed E-state index contributed by atoms with van der Waals surface area (Å²) >= 11 is 0. The fourth-order valence-electron chi connectivity index (χ4n) is 3.18. The average Bonchev–Trinajstić information content (AvgIpc) is 2.78. The molecule has 0 amide bonds. The molecular formula is C24H23F3O6. The number of benzene rings is 3. The fourth-order valence-corrected chi connectivity index (χ4v) is 3.18. The number of rotatable bonds is 6. The molecule has 3 aromatic carbocycles. The van der Waals surface area contributed by atoms with Gasteiger partial charge in [-0.1, -0.05) is 54.6 Å². The van der Waals surface area contributed by atoms with Gasteiger partial charge in [-0.3, -0.25) is 4.79 Å².